The highest BCUT2D eigenvalue weighted by Gasteiger charge is 2.18. The SMILES string of the molecule is CC(C)CCN1CCC(C[O])CC1. The van der Waals surface area contributed by atoms with Crippen LogP contribution in [0, 0.1) is 11.8 Å². The van der Waals surface area contributed by atoms with E-state index < -0.39 is 0 Å². The average Bonchev–Trinajstić information content (AvgIpc) is 2.15. The zero-order valence-electron chi connectivity index (χ0n) is 8.96. The predicted octanol–water partition coefficient (Wildman–Crippen LogP) is 2.17. The highest BCUT2D eigenvalue weighted by molar-refractivity contribution is 4.71. The molecule has 0 aliphatic carbocycles. The summed E-state index contributed by atoms with van der Waals surface area (Å²) in [5, 5.41) is 10.6. The van der Waals surface area contributed by atoms with Gasteiger partial charge in [-0.15, -0.1) is 0 Å². The molecule has 2 nitrogen and oxygen atoms in total. The van der Waals surface area contributed by atoms with E-state index in [0.29, 0.717) is 5.92 Å². The lowest BCUT2D eigenvalue weighted by Crippen LogP contribution is -2.35. The molecule has 0 unspecified atom stereocenters. The molecule has 0 spiro atoms. The van der Waals surface area contributed by atoms with Gasteiger partial charge in [0.15, 0.2) is 0 Å². The Kier molecular flexibility index (Phi) is 4.74. The van der Waals surface area contributed by atoms with E-state index >= 15 is 0 Å². The molecule has 0 amide bonds. The molecule has 1 aliphatic rings. The van der Waals surface area contributed by atoms with E-state index in [0.717, 1.165) is 31.8 Å². The summed E-state index contributed by atoms with van der Waals surface area (Å²) in [5.41, 5.74) is 0. The van der Waals surface area contributed by atoms with Crippen LogP contribution in [-0.2, 0) is 5.11 Å². The molecule has 1 rings (SSSR count). The molecule has 1 fully saturated rings. The summed E-state index contributed by atoms with van der Waals surface area (Å²) in [6.07, 6.45) is 3.55. The van der Waals surface area contributed by atoms with Crippen molar-refractivity contribution in [3.05, 3.63) is 0 Å². The van der Waals surface area contributed by atoms with E-state index in [2.05, 4.69) is 18.7 Å². The zero-order valence-corrected chi connectivity index (χ0v) is 8.96. The van der Waals surface area contributed by atoms with Gasteiger partial charge in [-0.05, 0) is 50.7 Å². The van der Waals surface area contributed by atoms with Gasteiger partial charge in [0, 0.05) is 0 Å². The highest BCUT2D eigenvalue weighted by atomic mass is 16.3. The molecule has 0 aromatic carbocycles. The van der Waals surface area contributed by atoms with Crippen LogP contribution >= 0.6 is 0 Å². The third kappa shape index (κ3) is 4.10. The first-order chi connectivity index (χ1) is 6.22. The van der Waals surface area contributed by atoms with E-state index in [1.807, 2.05) is 0 Å². The van der Waals surface area contributed by atoms with Gasteiger partial charge in [0.1, 0.15) is 0 Å². The van der Waals surface area contributed by atoms with Crippen molar-refractivity contribution in [1.82, 2.24) is 4.90 Å². The minimum atomic E-state index is 0.137. The summed E-state index contributed by atoms with van der Waals surface area (Å²) >= 11 is 0. The van der Waals surface area contributed by atoms with Crippen molar-refractivity contribution in [2.24, 2.45) is 11.8 Å². The molecule has 1 saturated heterocycles. The number of piperidine rings is 1. The smallest absolute Gasteiger partial charge is 0.0851 e. The monoisotopic (exact) mass is 184 g/mol. The third-order valence-corrected chi connectivity index (χ3v) is 2.97. The van der Waals surface area contributed by atoms with Crippen LogP contribution < -0.4 is 0 Å². The van der Waals surface area contributed by atoms with E-state index in [1.165, 1.54) is 13.0 Å². The molecule has 1 heterocycles. The maximum Gasteiger partial charge on any atom is 0.0851 e. The van der Waals surface area contributed by atoms with Crippen LogP contribution in [0.2, 0.25) is 0 Å². The lowest BCUT2D eigenvalue weighted by Gasteiger charge is -2.31. The highest BCUT2D eigenvalue weighted by Crippen LogP contribution is 2.17. The first-order valence-corrected chi connectivity index (χ1v) is 5.53. The Labute approximate surface area is 81.9 Å². The van der Waals surface area contributed by atoms with Crippen LogP contribution in [0.4, 0.5) is 0 Å². The summed E-state index contributed by atoms with van der Waals surface area (Å²) < 4.78 is 0. The standard InChI is InChI=1S/C11H22NO/c1-10(2)3-6-12-7-4-11(9-13)5-8-12/h10-11H,3-9H2,1-2H3. The first kappa shape index (κ1) is 11.0. The van der Waals surface area contributed by atoms with Crippen molar-refractivity contribution < 1.29 is 5.11 Å². The minimum absolute atomic E-state index is 0.137. The van der Waals surface area contributed by atoms with Crippen LogP contribution in [-0.4, -0.2) is 31.1 Å². The van der Waals surface area contributed by atoms with E-state index in [4.69, 9.17) is 0 Å². The van der Waals surface area contributed by atoms with E-state index in [1.54, 1.807) is 0 Å². The molecule has 1 aliphatic heterocycles. The van der Waals surface area contributed by atoms with Gasteiger partial charge in [-0.2, -0.15) is 0 Å². The van der Waals surface area contributed by atoms with Crippen LogP contribution in [0.15, 0.2) is 0 Å². The summed E-state index contributed by atoms with van der Waals surface area (Å²) in [6, 6.07) is 0. The molecule has 13 heavy (non-hydrogen) atoms. The molecular formula is C11H22NO. The molecule has 1 radical (unpaired) electrons. The van der Waals surface area contributed by atoms with Gasteiger partial charge in [-0.3, -0.25) is 0 Å². The summed E-state index contributed by atoms with van der Waals surface area (Å²) in [6.45, 7) is 8.20. The van der Waals surface area contributed by atoms with Gasteiger partial charge < -0.3 is 4.90 Å². The normalized spacial score (nSPS) is 21.2. The molecule has 77 valence electrons. The van der Waals surface area contributed by atoms with Crippen LogP contribution in [0.25, 0.3) is 0 Å². The van der Waals surface area contributed by atoms with Crippen molar-refractivity contribution in [3.8, 4) is 0 Å². The van der Waals surface area contributed by atoms with Gasteiger partial charge >= 0.3 is 0 Å². The fraction of sp³-hybridized carbons (Fsp3) is 1.00. The maximum atomic E-state index is 10.6. The van der Waals surface area contributed by atoms with Crippen molar-refractivity contribution in [1.29, 1.82) is 0 Å². The lowest BCUT2D eigenvalue weighted by molar-refractivity contribution is 0.0897. The molecule has 0 aromatic rings. The number of hydrogen-bond acceptors (Lipinski definition) is 1. The van der Waals surface area contributed by atoms with E-state index in [9.17, 15) is 5.11 Å². The lowest BCUT2D eigenvalue weighted by atomic mass is 9.97. The largest absolute Gasteiger partial charge is 0.303 e. The molecule has 0 atom stereocenters. The first-order valence-electron chi connectivity index (χ1n) is 5.53. The van der Waals surface area contributed by atoms with E-state index in [-0.39, 0.29) is 6.61 Å². The number of rotatable bonds is 4. The van der Waals surface area contributed by atoms with Crippen molar-refractivity contribution >= 4 is 0 Å². The van der Waals surface area contributed by atoms with Crippen LogP contribution in [0.5, 0.6) is 0 Å². The van der Waals surface area contributed by atoms with Crippen molar-refractivity contribution in [2.45, 2.75) is 33.1 Å². The van der Waals surface area contributed by atoms with Gasteiger partial charge in [-0.25, -0.2) is 5.11 Å². The second-order valence-electron chi connectivity index (χ2n) is 4.63. The van der Waals surface area contributed by atoms with Crippen LogP contribution in [0.3, 0.4) is 0 Å². The second kappa shape index (κ2) is 5.61. The summed E-state index contributed by atoms with van der Waals surface area (Å²) in [5.74, 6) is 1.27. The Morgan fingerprint density at radius 2 is 1.92 bits per heavy atom. The number of nitrogens with zero attached hydrogens (tertiary/aromatic N) is 1. The Bertz CT molecular complexity index is 128. The van der Waals surface area contributed by atoms with Gasteiger partial charge in [0.2, 0.25) is 0 Å². The van der Waals surface area contributed by atoms with Crippen LogP contribution in [0.1, 0.15) is 33.1 Å². The number of hydrogen-bond donors (Lipinski definition) is 0. The predicted molar refractivity (Wildman–Crippen MR) is 54.2 cm³/mol. The second-order valence-corrected chi connectivity index (χ2v) is 4.63. The van der Waals surface area contributed by atoms with Gasteiger partial charge in [-0.1, -0.05) is 13.8 Å². The average molecular weight is 184 g/mol. The number of likely N-dealkylation sites (tertiary alicyclic amines) is 1. The van der Waals surface area contributed by atoms with Gasteiger partial charge in [0.25, 0.3) is 0 Å². The molecule has 0 bridgehead atoms. The molecular weight excluding hydrogens is 162 g/mol. The zero-order chi connectivity index (χ0) is 9.68. The molecule has 2 heteroatoms. The molecule has 0 aromatic heterocycles. The summed E-state index contributed by atoms with van der Waals surface area (Å²) in [7, 11) is 0. The summed E-state index contributed by atoms with van der Waals surface area (Å²) in [4.78, 5) is 2.51. The van der Waals surface area contributed by atoms with Crippen molar-refractivity contribution in [3.63, 3.8) is 0 Å². The van der Waals surface area contributed by atoms with Gasteiger partial charge in [0.05, 0.1) is 6.61 Å². The fourth-order valence-corrected chi connectivity index (χ4v) is 1.82. The fourth-order valence-electron chi connectivity index (χ4n) is 1.82. The maximum absolute atomic E-state index is 10.6. The Balaban J connectivity index is 2.10. The Morgan fingerprint density at radius 3 is 2.38 bits per heavy atom. The minimum Gasteiger partial charge on any atom is -0.303 e. The Morgan fingerprint density at radius 1 is 1.31 bits per heavy atom. The quantitative estimate of drug-likeness (QED) is 0.656. The molecule has 0 saturated carbocycles. The van der Waals surface area contributed by atoms with Crippen molar-refractivity contribution in [2.75, 3.05) is 26.2 Å². The Hall–Kier alpha value is -0.0800. The molecule has 0 N–H and O–H groups in total. The third-order valence-electron chi connectivity index (χ3n) is 2.97. The topological polar surface area (TPSA) is 23.1 Å².